The summed E-state index contributed by atoms with van der Waals surface area (Å²) in [6, 6.07) is 4.30. The number of piperidine rings is 1. The van der Waals surface area contributed by atoms with E-state index in [2.05, 4.69) is 11.9 Å². The lowest BCUT2D eigenvalue weighted by Gasteiger charge is -2.30. The molecule has 1 saturated heterocycles. The van der Waals surface area contributed by atoms with Gasteiger partial charge in [0, 0.05) is 25.2 Å². The molecule has 0 bridgehead atoms. The summed E-state index contributed by atoms with van der Waals surface area (Å²) >= 11 is 6.09. The molecule has 0 spiro atoms. The average Bonchev–Trinajstić information content (AvgIpc) is 2.52. The van der Waals surface area contributed by atoms with Crippen LogP contribution in [0.1, 0.15) is 30.1 Å². The fourth-order valence-electron chi connectivity index (χ4n) is 2.61. The van der Waals surface area contributed by atoms with Crippen LogP contribution in [0.5, 0.6) is 0 Å². The molecule has 0 aromatic heterocycles. The fraction of sp³-hybridized carbons (Fsp3) is 0.438. The highest BCUT2D eigenvalue weighted by molar-refractivity contribution is 7.89. The lowest BCUT2D eigenvalue weighted by Crippen LogP contribution is -2.39. The zero-order chi connectivity index (χ0) is 17.0. The second kappa shape index (κ2) is 7.47. The van der Waals surface area contributed by atoms with Crippen molar-refractivity contribution < 1.29 is 13.2 Å². The summed E-state index contributed by atoms with van der Waals surface area (Å²) in [5, 5.41) is 2.75. The molecule has 1 unspecified atom stereocenters. The molecule has 0 aliphatic carbocycles. The van der Waals surface area contributed by atoms with Crippen molar-refractivity contribution in [2.75, 3.05) is 19.6 Å². The summed E-state index contributed by atoms with van der Waals surface area (Å²) in [5.41, 5.74) is 0.264. The maximum atomic E-state index is 12.8. The molecular formula is C16H21ClN2O3S. The van der Waals surface area contributed by atoms with E-state index in [1.807, 2.05) is 6.92 Å². The third-order valence-corrected chi connectivity index (χ3v) is 6.18. The molecule has 23 heavy (non-hydrogen) atoms. The summed E-state index contributed by atoms with van der Waals surface area (Å²) < 4.78 is 27.1. The molecule has 1 amide bonds. The molecule has 5 nitrogen and oxygen atoms in total. The molecule has 0 radical (unpaired) electrons. The molecule has 0 saturated carbocycles. The number of carbonyl (C=O) groups excluding carboxylic acids is 1. The van der Waals surface area contributed by atoms with Crippen LogP contribution in [0.4, 0.5) is 0 Å². The standard InChI is InChI=1S/C16H21ClN2O3S/c1-3-8-18-16(20)13-6-7-14(17)15(10-13)23(21,22)19-9-4-5-12(2)11-19/h3,6-7,10,12H,1,4-5,8-9,11H2,2H3,(H,18,20). The van der Waals surface area contributed by atoms with E-state index in [1.165, 1.54) is 22.5 Å². The van der Waals surface area contributed by atoms with Crippen LogP contribution >= 0.6 is 11.6 Å². The number of hydrogen-bond acceptors (Lipinski definition) is 3. The number of halogens is 1. The minimum absolute atomic E-state index is 0.0143. The average molecular weight is 357 g/mol. The molecule has 1 aliphatic heterocycles. The first-order valence-corrected chi connectivity index (χ1v) is 9.37. The van der Waals surface area contributed by atoms with Gasteiger partial charge < -0.3 is 5.32 Å². The van der Waals surface area contributed by atoms with E-state index < -0.39 is 10.0 Å². The number of hydrogen-bond donors (Lipinski definition) is 1. The van der Waals surface area contributed by atoms with E-state index >= 15 is 0 Å². The van der Waals surface area contributed by atoms with Gasteiger partial charge in [0.2, 0.25) is 10.0 Å². The van der Waals surface area contributed by atoms with Crippen LogP contribution in [-0.4, -0.2) is 38.3 Å². The lowest BCUT2D eigenvalue weighted by atomic mass is 10.0. The third-order valence-electron chi connectivity index (χ3n) is 3.84. The molecule has 1 aromatic rings. The van der Waals surface area contributed by atoms with Crippen molar-refractivity contribution in [3.05, 3.63) is 41.4 Å². The maximum absolute atomic E-state index is 12.8. The lowest BCUT2D eigenvalue weighted by molar-refractivity contribution is 0.0958. The van der Waals surface area contributed by atoms with E-state index in [-0.39, 0.29) is 21.4 Å². The number of nitrogens with one attached hydrogen (secondary N) is 1. The van der Waals surface area contributed by atoms with Crippen molar-refractivity contribution in [1.29, 1.82) is 0 Å². The van der Waals surface area contributed by atoms with E-state index in [0.29, 0.717) is 25.6 Å². The van der Waals surface area contributed by atoms with Crippen LogP contribution < -0.4 is 5.32 Å². The van der Waals surface area contributed by atoms with Crippen LogP contribution in [-0.2, 0) is 10.0 Å². The summed E-state index contributed by atoms with van der Waals surface area (Å²) in [6.45, 7) is 6.83. The number of carbonyl (C=O) groups is 1. The summed E-state index contributed by atoms with van der Waals surface area (Å²) in [4.78, 5) is 12.0. The highest BCUT2D eigenvalue weighted by Crippen LogP contribution is 2.29. The Morgan fingerprint density at radius 1 is 1.52 bits per heavy atom. The summed E-state index contributed by atoms with van der Waals surface area (Å²) in [6.07, 6.45) is 3.40. The molecule has 126 valence electrons. The van der Waals surface area contributed by atoms with Gasteiger partial charge in [-0.3, -0.25) is 4.79 Å². The number of nitrogens with zero attached hydrogens (tertiary/aromatic N) is 1. The monoisotopic (exact) mass is 356 g/mol. The number of amides is 1. The van der Waals surface area contributed by atoms with Crippen LogP contribution in [0.3, 0.4) is 0 Å². The predicted octanol–water partition coefficient (Wildman–Crippen LogP) is 2.68. The molecule has 1 atom stereocenters. The van der Waals surface area contributed by atoms with Crippen LogP contribution in [0.25, 0.3) is 0 Å². The van der Waals surface area contributed by atoms with E-state index in [9.17, 15) is 13.2 Å². The molecule has 1 fully saturated rings. The first-order valence-electron chi connectivity index (χ1n) is 7.55. The fourth-order valence-corrected chi connectivity index (χ4v) is 4.71. The van der Waals surface area contributed by atoms with Crippen molar-refractivity contribution in [2.45, 2.75) is 24.7 Å². The highest BCUT2D eigenvalue weighted by atomic mass is 35.5. The Bertz CT molecular complexity index is 703. The number of sulfonamides is 1. The first-order chi connectivity index (χ1) is 10.9. The van der Waals surface area contributed by atoms with Gasteiger partial charge in [-0.15, -0.1) is 6.58 Å². The highest BCUT2D eigenvalue weighted by Gasteiger charge is 2.30. The maximum Gasteiger partial charge on any atom is 0.251 e. The first kappa shape index (κ1) is 18.0. The Kier molecular flexibility index (Phi) is 5.84. The Hall–Kier alpha value is -1.37. The second-order valence-electron chi connectivity index (χ2n) is 5.75. The van der Waals surface area contributed by atoms with Crippen molar-refractivity contribution in [1.82, 2.24) is 9.62 Å². The molecule has 7 heteroatoms. The Morgan fingerprint density at radius 3 is 2.91 bits per heavy atom. The van der Waals surface area contributed by atoms with Gasteiger partial charge in [-0.25, -0.2) is 8.42 Å². The minimum Gasteiger partial charge on any atom is -0.349 e. The normalized spacial score (nSPS) is 19.3. The van der Waals surface area contributed by atoms with Crippen LogP contribution in [0.2, 0.25) is 5.02 Å². The predicted molar refractivity (Wildman–Crippen MR) is 91.1 cm³/mol. The van der Waals surface area contributed by atoms with Gasteiger partial charge >= 0.3 is 0 Å². The largest absolute Gasteiger partial charge is 0.349 e. The van der Waals surface area contributed by atoms with Crippen molar-refractivity contribution in [3.63, 3.8) is 0 Å². The third kappa shape index (κ3) is 4.13. The van der Waals surface area contributed by atoms with Gasteiger partial charge in [0.1, 0.15) is 4.90 Å². The van der Waals surface area contributed by atoms with Gasteiger partial charge in [0.15, 0.2) is 0 Å². The molecule has 1 heterocycles. The van der Waals surface area contributed by atoms with E-state index in [0.717, 1.165) is 12.8 Å². The van der Waals surface area contributed by atoms with Crippen LogP contribution in [0, 0.1) is 5.92 Å². The van der Waals surface area contributed by atoms with Crippen molar-refractivity contribution in [3.8, 4) is 0 Å². The topological polar surface area (TPSA) is 66.5 Å². The van der Waals surface area contributed by atoms with Gasteiger partial charge in [0.25, 0.3) is 5.91 Å². The van der Waals surface area contributed by atoms with E-state index in [1.54, 1.807) is 6.08 Å². The zero-order valence-electron chi connectivity index (χ0n) is 13.1. The van der Waals surface area contributed by atoms with Gasteiger partial charge in [0.05, 0.1) is 5.02 Å². The van der Waals surface area contributed by atoms with Crippen LogP contribution in [0.15, 0.2) is 35.7 Å². The quantitative estimate of drug-likeness (QED) is 0.825. The van der Waals surface area contributed by atoms with Gasteiger partial charge in [-0.05, 0) is 37.0 Å². The number of benzene rings is 1. The molecule has 1 N–H and O–H groups in total. The Morgan fingerprint density at radius 2 is 2.26 bits per heavy atom. The molecule has 1 aliphatic rings. The molecule has 2 rings (SSSR count). The van der Waals surface area contributed by atoms with Gasteiger partial charge in [-0.1, -0.05) is 24.6 Å². The van der Waals surface area contributed by atoms with Crippen molar-refractivity contribution in [2.24, 2.45) is 5.92 Å². The van der Waals surface area contributed by atoms with Crippen molar-refractivity contribution >= 4 is 27.5 Å². The summed E-state index contributed by atoms with van der Waals surface area (Å²) in [7, 11) is -3.70. The van der Waals surface area contributed by atoms with Gasteiger partial charge in [-0.2, -0.15) is 4.31 Å². The smallest absolute Gasteiger partial charge is 0.251 e. The minimum atomic E-state index is -3.70. The SMILES string of the molecule is C=CCNC(=O)c1ccc(Cl)c(S(=O)(=O)N2CCCC(C)C2)c1. The van der Waals surface area contributed by atoms with E-state index in [4.69, 9.17) is 11.6 Å². The molecule has 1 aromatic carbocycles. The zero-order valence-corrected chi connectivity index (χ0v) is 14.7. The Labute approximate surface area is 142 Å². The second-order valence-corrected chi connectivity index (χ2v) is 8.07. The summed E-state index contributed by atoms with van der Waals surface area (Å²) in [5.74, 6) is -0.0404. The number of rotatable bonds is 5. The molecular weight excluding hydrogens is 336 g/mol. The Balaban J connectivity index is 2.33.